The molecule has 0 aliphatic carbocycles. The summed E-state index contributed by atoms with van der Waals surface area (Å²) < 4.78 is 10.7. The summed E-state index contributed by atoms with van der Waals surface area (Å²) in [6, 6.07) is 13.4. The number of furan rings is 1. The standard InChI is InChI=1S/C23H27N3O4S/c1-16-6-9-21(29-3)20(11-16)25-22(27)12-24-23(28)15-26(13-18-5-4-10-30-18)14-19-8-7-17(2)31-19/h4-11H,12-15H2,1-3H3,(H,24,28)(H,25,27). The fraction of sp³-hybridized carbons (Fsp3) is 0.304. The molecule has 0 fully saturated rings. The van der Waals surface area contributed by atoms with Gasteiger partial charge in [0.15, 0.2) is 0 Å². The first-order valence-corrected chi connectivity index (χ1v) is 10.8. The van der Waals surface area contributed by atoms with Crippen molar-refractivity contribution in [3.8, 4) is 5.75 Å². The van der Waals surface area contributed by atoms with Crippen LogP contribution in [0.2, 0.25) is 0 Å². The Bertz CT molecular complexity index is 1010. The predicted octanol–water partition coefficient (Wildman–Crippen LogP) is 3.72. The van der Waals surface area contributed by atoms with Crippen molar-refractivity contribution in [2.75, 3.05) is 25.5 Å². The number of nitrogens with zero attached hydrogens (tertiary/aromatic N) is 1. The Morgan fingerprint density at radius 2 is 1.94 bits per heavy atom. The zero-order valence-electron chi connectivity index (χ0n) is 17.9. The van der Waals surface area contributed by atoms with Crippen molar-refractivity contribution in [3.05, 3.63) is 69.8 Å². The Hall–Kier alpha value is -3.10. The summed E-state index contributed by atoms with van der Waals surface area (Å²) >= 11 is 1.70. The minimum Gasteiger partial charge on any atom is -0.495 e. The molecule has 0 aliphatic heterocycles. The van der Waals surface area contributed by atoms with Gasteiger partial charge in [0.1, 0.15) is 11.5 Å². The maximum atomic E-state index is 12.5. The van der Waals surface area contributed by atoms with Gasteiger partial charge in [-0.05, 0) is 55.8 Å². The zero-order chi connectivity index (χ0) is 22.2. The molecule has 0 aliphatic rings. The van der Waals surface area contributed by atoms with Crippen LogP contribution < -0.4 is 15.4 Å². The molecule has 1 aromatic carbocycles. The quantitative estimate of drug-likeness (QED) is 0.501. The normalized spacial score (nSPS) is 10.8. The van der Waals surface area contributed by atoms with E-state index in [9.17, 15) is 9.59 Å². The molecule has 0 atom stereocenters. The summed E-state index contributed by atoms with van der Waals surface area (Å²) in [5, 5.41) is 5.48. The van der Waals surface area contributed by atoms with E-state index >= 15 is 0 Å². The first-order valence-electron chi connectivity index (χ1n) is 9.94. The van der Waals surface area contributed by atoms with Gasteiger partial charge in [-0.25, -0.2) is 0 Å². The minimum absolute atomic E-state index is 0.122. The lowest BCUT2D eigenvalue weighted by Gasteiger charge is -2.20. The van der Waals surface area contributed by atoms with Crippen molar-refractivity contribution < 1.29 is 18.7 Å². The third-order valence-corrected chi connectivity index (χ3v) is 5.56. The third-order valence-electron chi connectivity index (χ3n) is 4.58. The van der Waals surface area contributed by atoms with Gasteiger partial charge in [0.2, 0.25) is 11.8 Å². The number of hydrogen-bond donors (Lipinski definition) is 2. The van der Waals surface area contributed by atoms with Crippen LogP contribution in [0.25, 0.3) is 0 Å². The fourth-order valence-corrected chi connectivity index (χ4v) is 4.07. The molecule has 2 N–H and O–H groups in total. The van der Waals surface area contributed by atoms with Crippen LogP contribution >= 0.6 is 11.3 Å². The number of aryl methyl sites for hydroxylation is 2. The number of thiophene rings is 1. The number of rotatable bonds is 10. The molecular weight excluding hydrogens is 414 g/mol. The molecule has 0 unspecified atom stereocenters. The van der Waals surface area contributed by atoms with E-state index in [1.165, 1.54) is 9.75 Å². The van der Waals surface area contributed by atoms with Crippen LogP contribution in [0, 0.1) is 13.8 Å². The first kappa shape index (κ1) is 22.6. The lowest BCUT2D eigenvalue weighted by atomic mass is 10.2. The molecule has 2 aromatic heterocycles. The summed E-state index contributed by atoms with van der Waals surface area (Å²) in [5.41, 5.74) is 1.58. The van der Waals surface area contributed by atoms with Crippen LogP contribution in [0.5, 0.6) is 5.75 Å². The van der Waals surface area contributed by atoms with E-state index in [2.05, 4.69) is 29.7 Å². The number of carbonyl (C=O) groups is 2. The van der Waals surface area contributed by atoms with Crippen molar-refractivity contribution in [2.24, 2.45) is 0 Å². The van der Waals surface area contributed by atoms with Crippen molar-refractivity contribution >= 4 is 28.8 Å². The average Bonchev–Trinajstić information content (AvgIpc) is 3.38. The average molecular weight is 442 g/mol. The number of ether oxygens (including phenoxy) is 1. The fourth-order valence-electron chi connectivity index (χ4n) is 3.13. The van der Waals surface area contributed by atoms with Gasteiger partial charge < -0.3 is 19.8 Å². The van der Waals surface area contributed by atoms with E-state index in [4.69, 9.17) is 9.15 Å². The molecule has 164 valence electrons. The maximum Gasteiger partial charge on any atom is 0.243 e. The monoisotopic (exact) mass is 441 g/mol. The number of methoxy groups -OCH3 is 1. The molecule has 0 bridgehead atoms. The highest BCUT2D eigenvalue weighted by Crippen LogP contribution is 2.25. The van der Waals surface area contributed by atoms with Gasteiger partial charge in [-0.1, -0.05) is 6.07 Å². The lowest BCUT2D eigenvalue weighted by Crippen LogP contribution is -2.40. The molecule has 0 radical (unpaired) electrons. The van der Waals surface area contributed by atoms with Gasteiger partial charge >= 0.3 is 0 Å². The van der Waals surface area contributed by atoms with Crippen LogP contribution in [-0.2, 0) is 22.7 Å². The maximum absolute atomic E-state index is 12.5. The lowest BCUT2D eigenvalue weighted by molar-refractivity contribution is -0.125. The highest BCUT2D eigenvalue weighted by Gasteiger charge is 2.16. The van der Waals surface area contributed by atoms with E-state index < -0.39 is 0 Å². The predicted molar refractivity (Wildman–Crippen MR) is 121 cm³/mol. The topological polar surface area (TPSA) is 83.8 Å². The van der Waals surface area contributed by atoms with Gasteiger partial charge in [0, 0.05) is 16.3 Å². The van der Waals surface area contributed by atoms with Crippen molar-refractivity contribution in [1.82, 2.24) is 10.2 Å². The number of hydrogen-bond acceptors (Lipinski definition) is 6. The molecule has 0 saturated heterocycles. The SMILES string of the molecule is COc1ccc(C)cc1NC(=O)CNC(=O)CN(Cc1ccco1)Cc1ccc(C)s1. The molecule has 2 heterocycles. The van der Waals surface area contributed by atoms with Gasteiger partial charge in [0.05, 0.1) is 38.7 Å². The largest absolute Gasteiger partial charge is 0.495 e. The van der Waals surface area contributed by atoms with Gasteiger partial charge in [-0.3, -0.25) is 14.5 Å². The van der Waals surface area contributed by atoms with Crippen LogP contribution in [0.15, 0.2) is 53.1 Å². The van der Waals surface area contributed by atoms with E-state index in [1.54, 1.807) is 30.8 Å². The molecule has 31 heavy (non-hydrogen) atoms. The smallest absolute Gasteiger partial charge is 0.243 e. The first-order chi connectivity index (χ1) is 14.9. The summed E-state index contributed by atoms with van der Waals surface area (Å²) in [4.78, 5) is 29.2. The van der Waals surface area contributed by atoms with E-state index in [-0.39, 0.29) is 24.9 Å². The number of amides is 2. The van der Waals surface area contributed by atoms with Crippen LogP contribution in [0.3, 0.4) is 0 Å². The number of anilines is 1. The summed E-state index contributed by atoms with van der Waals surface area (Å²) in [7, 11) is 1.55. The Morgan fingerprint density at radius 3 is 2.61 bits per heavy atom. The molecule has 3 rings (SSSR count). The van der Waals surface area contributed by atoms with Crippen LogP contribution in [0.1, 0.15) is 21.1 Å². The third kappa shape index (κ3) is 6.97. The van der Waals surface area contributed by atoms with Gasteiger partial charge in [-0.15, -0.1) is 11.3 Å². The molecule has 3 aromatic rings. The number of nitrogens with one attached hydrogen (secondary N) is 2. The highest BCUT2D eigenvalue weighted by atomic mass is 32.1. The van der Waals surface area contributed by atoms with Crippen LogP contribution in [0.4, 0.5) is 5.69 Å². The second kappa shape index (κ2) is 10.8. The minimum atomic E-state index is -0.316. The van der Waals surface area contributed by atoms with Crippen molar-refractivity contribution in [2.45, 2.75) is 26.9 Å². The molecule has 2 amide bonds. The Morgan fingerprint density at radius 1 is 1.10 bits per heavy atom. The molecule has 7 nitrogen and oxygen atoms in total. The van der Waals surface area contributed by atoms with Gasteiger partial charge in [-0.2, -0.15) is 0 Å². The number of carbonyl (C=O) groups excluding carboxylic acids is 2. The zero-order valence-corrected chi connectivity index (χ0v) is 18.8. The Labute approximate surface area is 186 Å². The molecule has 8 heteroatoms. The van der Waals surface area contributed by atoms with Crippen molar-refractivity contribution in [1.29, 1.82) is 0 Å². The summed E-state index contributed by atoms with van der Waals surface area (Å²) in [6.45, 7) is 5.14. The van der Waals surface area contributed by atoms with Gasteiger partial charge in [0.25, 0.3) is 0 Å². The number of benzene rings is 1. The Kier molecular flexibility index (Phi) is 7.86. The molecule has 0 saturated carbocycles. The van der Waals surface area contributed by atoms with E-state index in [0.29, 0.717) is 24.5 Å². The second-order valence-electron chi connectivity index (χ2n) is 7.27. The molecular formula is C23H27N3O4S. The van der Waals surface area contributed by atoms with Crippen molar-refractivity contribution in [3.63, 3.8) is 0 Å². The molecule has 0 spiro atoms. The van der Waals surface area contributed by atoms with E-state index in [1.807, 2.05) is 36.1 Å². The summed E-state index contributed by atoms with van der Waals surface area (Å²) in [6.07, 6.45) is 1.62. The summed E-state index contributed by atoms with van der Waals surface area (Å²) in [5.74, 6) is 0.807. The van der Waals surface area contributed by atoms with E-state index in [0.717, 1.165) is 11.3 Å². The Balaban J connectivity index is 1.55. The highest BCUT2D eigenvalue weighted by molar-refractivity contribution is 7.11. The van der Waals surface area contributed by atoms with Crippen LogP contribution in [-0.4, -0.2) is 36.9 Å². The second-order valence-corrected chi connectivity index (χ2v) is 8.64.